The molecule has 0 unspecified atom stereocenters. The van der Waals surface area contributed by atoms with E-state index in [2.05, 4.69) is 39.5 Å². The lowest BCUT2D eigenvalue weighted by Crippen LogP contribution is -2.50. The summed E-state index contributed by atoms with van der Waals surface area (Å²) >= 11 is 6.52. The number of nitrogens with zero attached hydrogens (tertiary/aromatic N) is 1. The van der Waals surface area contributed by atoms with E-state index in [0.717, 1.165) is 44.1 Å². The van der Waals surface area contributed by atoms with Gasteiger partial charge in [0.25, 0.3) is 0 Å². The fourth-order valence-electron chi connectivity index (χ4n) is 7.48. The Labute approximate surface area is 191 Å². The molecule has 1 amide bonds. The molecule has 1 aromatic rings. The summed E-state index contributed by atoms with van der Waals surface area (Å²) in [5.41, 5.74) is 2.58. The molecule has 31 heavy (non-hydrogen) atoms. The monoisotopic (exact) mass is 445 g/mol. The Balaban J connectivity index is 1.62. The molecule has 0 bridgehead atoms. The van der Waals surface area contributed by atoms with Crippen molar-refractivity contribution in [2.24, 2.45) is 23.2 Å². The summed E-state index contributed by atoms with van der Waals surface area (Å²) in [6.07, 6.45) is 6.10. The van der Waals surface area contributed by atoms with E-state index in [-0.39, 0.29) is 29.0 Å². The van der Waals surface area contributed by atoms with E-state index in [1.54, 1.807) is 6.07 Å². The van der Waals surface area contributed by atoms with Crippen LogP contribution in [0.1, 0.15) is 94.1 Å². The van der Waals surface area contributed by atoms with Crippen molar-refractivity contribution in [2.45, 2.75) is 91.1 Å². The summed E-state index contributed by atoms with van der Waals surface area (Å²) in [5, 5.41) is 9.87. The van der Waals surface area contributed by atoms with Crippen LogP contribution in [0.25, 0.3) is 0 Å². The molecule has 4 rings (SSSR count). The van der Waals surface area contributed by atoms with E-state index in [4.69, 9.17) is 11.6 Å². The summed E-state index contributed by atoms with van der Waals surface area (Å²) < 4.78 is 0. The molecule has 3 aliphatic carbocycles. The van der Waals surface area contributed by atoms with E-state index < -0.39 is 5.97 Å². The molecule has 1 N–H and O–H groups in total. The van der Waals surface area contributed by atoms with Gasteiger partial charge in [0.05, 0.1) is 10.6 Å². The second-order valence-electron chi connectivity index (χ2n) is 10.8. The molecule has 0 spiro atoms. The SMILES string of the molecule is CC(C)N(C(=O)[C@H]1CC[C@H]2[C@@H]3CCc4c(ccc(C(=O)O)c4Cl)[C@H]3CC[C@]12C)C(C)C. The van der Waals surface area contributed by atoms with Gasteiger partial charge in [0.15, 0.2) is 0 Å². The molecule has 170 valence electrons. The number of benzene rings is 1. The molecule has 5 atom stereocenters. The largest absolute Gasteiger partial charge is 0.478 e. The van der Waals surface area contributed by atoms with Gasteiger partial charge in [0.2, 0.25) is 5.91 Å². The van der Waals surface area contributed by atoms with Gasteiger partial charge in [-0.2, -0.15) is 0 Å². The number of carboxylic acids is 1. The number of carboxylic acid groups (broad SMARTS) is 1. The molecule has 5 heteroatoms. The van der Waals surface area contributed by atoms with Crippen LogP contribution in [-0.4, -0.2) is 34.0 Å². The van der Waals surface area contributed by atoms with Gasteiger partial charge in [0, 0.05) is 18.0 Å². The Morgan fingerprint density at radius 2 is 1.77 bits per heavy atom. The van der Waals surface area contributed by atoms with Crippen molar-refractivity contribution in [1.29, 1.82) is 0 Å². The number of halogens is 1. The first-order chi connectivity index (χ1) is 14.6. The Bertz CT molecular complexity index is 887. The smallest absolute Gasteiger partial charge is 0.337 e. The number of carbonyl (C=O) groups excluding carboxylic acids is 1. The molecule has 0 saturated heterocycles. The Morgan fingerprint density at radius 3 is 2.39 bits per heavy atom. The molecule has 0 aliphatic heterocycles. The third-order valence-electron chi connectivity index (χ3n) is 8.74. The van der Waals surface area contributed by atoms with Crippen LogP contribution < -0.4 is 0 Å². The van der Waals surface area contributed by atoms with Crippen LogP contribution in [0.15, 0.2) is 12.1 Å². The lowest BCUT2D eigenvalue weighted by Gasteiger charge is -2.51. The van der Waals surface area contributed by atoms with E-state index in [1.165, 1.54) is 5.56 Å². The lowest BCUT2D eigenvalue weighted by molar-refractivity contribution is -0.144. The number of rotatable bonds is 4. The zero-order valence-electron chi connectivity index (χ0n) is 19.5. The van der Waals surface area contributed by atoms with Crippen LogP contribution in [0.4, 0.5) is 0 Å². The quantitative estimate of drug-likeness (QED) is 0.604. The minimum atomic E-state index is -0.955. The molecular formula is C26H36ClNO3. The van der Waals surface area contributed by atoms with Crippen LogP contribution in [0, 0.1) is 23.2 Å². The van der Waals surface area contributed by atoms with Crippen LogP contribution in [0.2, 0.25) is 5.02 Å². The molecule has 0 aromatic heterocycles. The first-order valence-electron chi connectivity index (χ1n) is 11.9. The molecule has 3 aliphatic rings. The standard InChI is InChI=1S/C26H36ClNO3/c1-14(2)28(15(3)4)24(29)22-11-10-21-18-7-8-19-16(17(18)12-13-26(21,22)5)6-9-20(23(19)27)25(30)31/h6,9,14-15,17-18,21-22H,7-8,10-13H2,1-5H3,(H,30,31)/t17-,18-,21+,22-,26+/m1/s1. The van der Waals surface area contributed by atoms with Gasteiger partial charge in [-0.1, -0.05) is 24.6 Å². The highest BCUT2D eigenvalue weighted by Crippen LogP contribution is 2.63. The highest BCUT2D eigenvalue weighted by molar-refractivity contribution is 6.34. The molecule has 0 radical (unpaired) electrons. The average molecular weight is 446 g/mol. The second kappa shape index (κ2) is 8.10. The Hall–Kier alpha value is -1.55. The van der Waals surface area contributed by atoms with Gasteiger partial charge >= 0.3 is 5.97 Å². The number of carbonyl (C=O) groups is 2. The van der Waals surface area contributed by atoms with Crippen molar-refractivity contribution in [3.05, 3.63) is 33.8 Å². The van der Waals surface area contributed by atoms with Crippen molar-refractivity contribution in [1.82, 2.24) is 4.90 Å². The summed E-state index contributed by atoms with van der Waals surface area (Å²) in [5.74, 6) is 1.04. The highest BCUT2D eigenvalue weighted by atomic mass is 35.5. The van der Waals surface area contributed by atoms with Gasteiger partial charge in [-0.15, -0.1) is 0 Å². The Morgan fingerprint density at radius 1 is 1.10 bits per heavy atom. The maximum atomic E-state index is 13.6. The van der Waals surface area contributed by atoms with Gasteiger partial charge < -0.3 is 10.0 Å². The van der Waals surface area contributed by atoms with E-state index >= 15 is 0 Å². The molecule has 2 fully saturated rings. The lowest BCUT2D eigenvalue weighted by atomic mass is 9.54. The van der Waals surface area contributed by atoms with Crippen LogP contribution >= 0.6 is 11.6 Å². The summed E-state index contributed by atoms with van der Waals surface area (Å²) in [6.45, 7) is 10.9. The third-order valence-corrected chi connectivity index (χ3v) is 9.17. The normalized spacial score (nSPS) is 31.9. The van der Waals surface area contributed by atoms with Crippen molar-refractivity contribution in [3.8, 4) is 0 Å². The predicted octanol–water partition coefficient (Wildman–Crippen LogP) is 6.16. The summed E-state index contributed by atoms with van der Waals surface area (Å²) in [7, 11) is 0. The summed E-state index contributed by atoms with van der Waals surface area (Å²) in [6, 6.07) is 4.14. The molecule has 0 heterocycles. The number of hydrogen-bond donors (Lipinski definition) is 1. The van der Waals surface area contributed by atoms with Crippen molar-refractivity contribution in [2.75, 3.05) is 0 Å². The average Bonchev–Trinajstić information content (AvgIpc) is 3.04. The maximum Gasteiger partial charge on any atom is 0.337 e. The highest BCUT2D eigenvalue weighted by Gasteiger charge is 2.57. The minimum absolute atomic E-state index is 0.0581. The van der Waals surface area contributed by atoms with E-state index in [1.807, 2.05) is 6.07 Å². The first kappa shape index (κ1) is 22.6. The number of aromatic carboxylic acids is 1. The molecule has 1 aromatic carbocycles. The van der Waals surface area contributed by atoms with Crippen LogP contribution in [-0.2, 0) is 11.2 Å². The van der Waals surface area contributed by atoms with E-state index in [0.29, 0.717) is 28.7 Å². The van der Waals surface area contributed by atoms with Gasteiger partial charge in [-0.05, 0) is 107 Å². The molecule has 4 nitrogen and oxygen atoms in total. The second-order valence-corrected chi connectivity index (χ2v) is 11.2. The van der Waals surface area contributed by atoms with Crippen molar-refractivity contribution < 1.29 is 14.7 Å². The predicted molar refractivity (Wildman–Crippen MR) is 124 cm³/mol. The van der Waals surface area contributed by atoms with Gasteiger partial charge in [-0.3, -0.25) is 4.79 Å². The van der Waals surface area contributed by atoms with E-state index in [9.17, 15) is 14.7 Å². The van der Waals surface area contributed by atoms with Crippen LogP contribution in [0.5, 0.6) is 0 Å². The van der Waals surface area contributed by atoms with Crippen LogP contribution in [0.3, 0.4) is 0 Å². The number of amides is 1. The summed E-state index contributed by atoms with van der Waals surface area (Å²) in [4.78, 5) is 27.2. The van der Waals surface area contributed by atoms with Crippen molar-refractivity contribution >= 4 is 23.5 Å². The van der Waals surface area contributed by atoms with Gasteiger partial charge in [0.1, 0.15) is 0 Å². The number of hydrogen-bond acceptors (Lipinski definition) is 2. The zero-order valence-corrected chi connectivity index (χ0v) is 20.2. The maximum absolute atomic E-state index is 13.6. The van der Waals surface area contributed by atoms with Gasteiger partial charge in [-0.25, -0.2) is 4.79 Å². The topological polar surface area (TPSA) is 57.6 Å². The fourth-order valence-corrected chi connectivity index (χ4v) is 7.83. The zero-order chi connectivity index (χ0) is 22.7. The molecular weight excluding hydrogens is 410 g/mol. The third kappa shape index (κ3) is 3.50. The fraction of sp³-hybridized carbons (Fsp3) is 0.692. The first-order valence-corrected chi connectivity index (χ1v) is 12.3. The minimum Gasteiger partial charge on any atom is -0.478 e. The van der Waals surface area contributed by atoms with Crippen molar-refractivity contribution in [3.63, 3.8) is 0 Å². The number of fused-ring (bicyclic) bond motifs is 5. The Kier molecular flexibility index (Phi) is 5.91. The molecule has 2 saturated carbocycles.